The molecular formula is C19H29NO. The maximum atomic E-state index is 5.45. The second-order valence-electron chi connectivity index (χ2n) is 7.86. The summed E-state index contributed by atoms with van der Waals surface area (Å²) in [5.41, 5.74) is 2.25. The lowest BCUT2D eigenvalue weighted by Crippen LogP contribution is -2.50. The highest BCUT2D eigenvalue weighted by molar-refractivity contribution is 5.33. The van der Waals surface area contributed by atoms with Crippen molar-refractivity contribution in [3.63, 3.8) is 0 Å². The van der Waals surface area contributed by atoms with E-state index in [2.05, 4.69) is 44.3 Å². The first-order valence-electron chi connectivity index (χ1n) is 8.33. The Morgan fingerprint density at radius 3 is 2.67 bits per heavy atom. The molecule has 21 heavy (non-hydrogen) atoms. The van der Waals surface area contributed by atoms with Gasteiger partial charge in [0.25, 0.3) is 0 Å². The number of rotatable bonds is 5. The summed E-state index contributed by atoms with van der Waals surface area (Å²) in [4.78, 5) is 0. The van der Waals surface area contributed by atoms with Crippen LogP contribution in [0.5, 0.6) is 5.75 Å². The number of nitrogens with one attached hydrogen (secondary N) is 1. The molecule has 0 spiro atoms. The number of ether oxygens (including phenoxy) is 1. The van der Waals surface area contributed by atoms with E-state index in [0.29, 0.717) is 16.9 Å². The summed E-state index contributed by atoms with van der Waals surface area (Å²) in [6, 6.07) is 9.02. The number of para-hydroxylation sites is 1. The third kappa shape index (κ3) is 2.48. The van der Waals surface area contributed by atoms with Gasteiger partial charge >= 0.3 is 0 Å². The van der Waals surface area contributed by atoms with Crippen molar-refractivity contribution < 1.29 is 4.74 Å². The van der Waals surface area contributed by atoms with Gasteiger partial charge in [-0.2, -0.15) is 0 Å². The molecule has 1 aromatic rings. The maximum absolute atomic E-state index is 5.45. The highest BCUT2D eigenvalue weighted by atomic mass is 16.5. The van der Waals surface area contributed by atoms with E-state index in [4.69, 9.17) is 4.74 Å². The average Bonchev–Trinajstić information content (AvgIpc) is 2.94. The van der Waals surface area contributed by atoms with Crippen LogP contribution in [0.1, 0.15) is 45.6 Å². The van der Waals surface area contributed by atoms with Crippen LogP contribution < -0.4 is 10.1 Å². The molecule has 116 valence electrons. The number of fused-ring (bicyclic) bond motifs is 2. The van der Waals surface area contributed by atoms with Gasteiger partial charge in [-0.1, -0.05) is 39.0 Å². The Hall–Kier alpha value is -1.02. The Bertz CT molecular complexity index is 505. The molecule has 2 aliphatic rings. The summed E-state index contributed by atoms with van der Waals surface area (Å²) >= 11 is 0. The zero-order valence-corrected chi connectivity index (χ0v) is 13.9. The molecule has 1 N–H and O–H groups in total. The monoisotopic (exact) mass is 287 g/mol. The second-order valence-corrected chi connectivity index (χ2v) is 7.86. The predicted molar refractivity (Wildman–Crippen MR) is 87.7 cm³/mol. The molecule has 0 radical (unpaired) electrons. The number of methoxy groups -OCH3 is 1. The maximum Gasteiger partial charge on any atom is 0.122 e. The zero-order chi connectivity index (χ0) is 15.1. The van der Waals surface area contributed by atoms with Crippen molar-refractivity contribution in [2.75, 3.05) is 13.7 Å². The van der Waals surface area contributed by atoms with Crippen LogP contribution in [0, 0.1) is 16.7 Å². The van der Waals surface area contributed by atoms with E-state index in [0.717, 1.165) is 24.6 Å². The molecule has 2 saturated carbocycles. The molecule has 2 bridgehead atoms. The number of hydrogen-bond acceptors (Lipinski definition) is 2. The van der Waals surface area contributed by atoms with E-state index in [1.165, 1.54) is 24.8 Å². The minimum atomic E-state index is 0.438. The third-order valence-electron chi connectivity index (χ3n) is 6.21. The van der Waals surface area contributed by atoms with Crippen LogP contribution in [0.4, 0.5) is 0 Å². The van der Waals surface area contributed by atoms with Gasteiger partial charge in [0.1, 0.15) is 5.75 Å². The molecule has 1 aromatic carbocycles. The molecule has 0 saturated heterocycles. The summed E-state index contributed by atoms with van der Waals surface area (Å²) in [5, 5.41) is 3.89. The highest BCUT2D eigenvalue weighted by Crippen LogP contribution is 2.62. The van der Waals surface area contributed by atoms with Gasteiger partial charge in [-0.3, -0.25) is 0 Å². The summed E-state index contributed by atoms with van der Waals surface area (Å²) in [5.74, 6) is 1.92. The lowest BCUT2D eigenvalue weighted by molar-refractivity contribution is 0.110. The van der Waals surface area contributed by atoms with Crippen LogP contribution in [0.25, 0.3) is 0 Å². The van der Waals surface area contributed by atoms with Gasteiger partial charge < -0.3 is 10.1 Å². The Balaban J connectivity index is 1.63. The van der Waals surface area contributed by atoms with Crippen molar-refractivity contribution in [1.29, 1.82) is 0 Å². The van der Waals surface area contributed by atoms with E-state index in [9.17, 15) is 0 Å². The fraction of sp³-hybridized carbons (Fsp3) is 0.684. The summed E-state index contributed by atoms with van der Waals surface area (Å²) in [6.07, 6.45) is 5.27. The van der Waals surface area contributed by atoms with Crippen LogP contribution in [-0.2, 0) is 6.42 Å². The second kappa shape index (κ2) is 5.31. The number of benzene rings is 1. The molecule has 3 atom stereocenters. The molecule has 0 amide bonds. The van der Waals surface area contributed by atoms with Crippen molar-refractivity contribution in [3.05, 3.63) is 29.8 Å². The van der Waals surface area contributed by atoms with Gasteiger partial charge in [-0.05, 0) is 60.6 Å². The Kier molecular flexibility index (Phi) is 3.77. The Labute approximate surface area is 129 Å². The standard InChI is InChI=1S/C19H29NO/c1-18(2)15-9-11-19(3,13-15)17(18)20-12-10-14-7-5-6-8-16(14)21-4/h5-8,15,17,20H,9-13H2,1-4H3. The molecular weight excluding hydrogens is 258 g/mol. The van der Waals surface area contributed by atoms with E-state index in [1.54, 1.807) is 7.11 Å². The minimum Gasteiger partial charge on any atom is -0.496 e. The normalized spacial score (nSPS) is 33.3. The van der Waals surface area contributed by atoms with Gasteiger partial charge in [0.15, 0.2) is 0 Å². The number of hydrogen-bond donors (Lipinski definition) is 1. The van der Waals surface area contributed by atoms with E-state index in [1.807, 2.05) is 6.07 Å². The first-order chi connectivity index (χ1) is 9.97. The first-order valence-corrected chi connectivity index (χ1v) is 8.33. The van der Waals surface area contributed by atoms with Crippen molar-refractivity contribution in [2.45, 2.75) is 52.5 Å². The van der Waals surface area contributed by atoms with Crippen LogP contribution >= 0.6 is 0 Å². The summed E-state index contributed by atoms with van der Waals surface area (Å²) < 4.78 is 5.45. The zero-order valence-electron chi connectivity index (χ0n) is 13.9. The van der Waals surface area contributed by atoms with Crippen LogP contribution in [0.3, 0.4) is 0 Å². The minimum absolute atomic E-state index is 0.438. The summed E-state index contributed by atoms with van der Waals surface area (Å²) in [7, 11) is 1.76. The van der Waals surface area contributed by atoms with E-state index >= 15 is 0 Å². The molecule has 0 heterocycles. The fourth-order valence-corrected chi connectivity index (χ4v) is 5.07. The van der Waals surface area contributed by atoms with Gasteiger partial charge in [0.2, 0.25) is 0 Å². The van der Waals surface area contributed by atoms with Crippen LogP contribution in [0.2, 0.25) is 0 Å². The molecule has 0 aliphatic heterocycles. The molecule has 2 heteroatoms. The SMILES string of the molecule is COc1ccccc1CCNC1C2(C)CCC(C2)C1(C)C. The molecule has 2 aliphatic carbocycles. The van der Waals surface area contributed by atoms with Gasteiger partial charge in [0.05, 0.1) is 7.11 Å². The first kappa shape index (κ1) is 14.9. The van der Waals surface area contributed by atoms with Gasteiger partial charge in [0, 0.05) is 6.04 Å². The third-order valence-corrected chi connectivity index (χ3v) is 6.21. The lowest BCUT2D eigenvalue weighted by Gasteiger charge is -2.43. The van der Waals surface area contributed by atoms with Crippen molar-refractivity contribution in [3.8, 4) is 5.75 Å². The lowest BCUT2D eigenvalue weighted by atomic mass is 9.68. The van der Waals surface area contributed by atoms with Gasteiger partial charge in [-0.15, -0.1) is 0 Å². The largest absolute Gasteiger partial charge is 0.496 e. The fourth-order valence-electron chi connectivity index (χ4n) is 5.07. The van der Waals surface area contributed by atoms with E-state index < -0.39 is 0 Å². The topological polar surface area (TPSA) is 21.3 Å². The van der Waals surface area contributed by atoms with Crippen LogP contribution in [-0.4, -0.2) is 19.7 Å². The van der Waals surface area contributed by atoms with Crippen LogP contribution in [0.15, 0.2) is 24.3 Å². The van der Waals surface area contributed by atoms with Gasteiger partial charge in [-0.25, -0.2) is 0 Å². The van der Waals surface area contributed by atoms with Crippen molar-refractivity contribution in [2.24, 2.45) is 16.7 Å². The quantitative estimate of drug-likeness (QED) is 0.882. The van der Waals surface area contributed by atoms with E-state index in [-0.39, 0.29) is 0 Å². The Morgan fingerprint density at radius 1 is 1.24 bits per heavy atom. The van der Waals surface area contributed by atoms with Crippen molar-refractivity contribution in [1.82, 2.24) is 5.32 Å². The molecule has 2 fully saturated rings. The average molecular weight is 287 g/mol. The molecule has 3 unspecified atom stereocenters. The summed E-state index contributed by atoms with van der Waals surface area (Å²) in [6.45, 7) is 8.45. The highest BCUT2D eigenvalue weighted by Gasteiger charge is 2.58. The smallest absolute Gasteiger partial charge is 0.122 e. The molecule has 2 nitrogen and oxygen atoms in total. The van der Waals surface area contributed by atoms with Crippen molar-refractivity contribution >= 4 is 0 Å². The predicted octanol–water partition coefficient (Wildman–Crippen LogP) is 4.04. The molecule has 3 rings (SSSR count). The molecule has 0 aromatic heterocycles. The Morgan fingerprint density at radius 2 is 2.00 bits per heavy atom.